The van der Waals surface area contributed by atoms with Crippen LogP contribution in [0.5, 0.6) is 0 Å². The average Bonchev–Trinajstić information content (AvgIpc) is 2.06. The summed E-state index contributed by atoms with van der Waals surface area (Å²) in [5.74, 6) is 0. The van der Waals surface area contributed by atoms with Crippen LogP contribution in [0.25, 0.3) is 0 Å². The Hall–Kier alpha value is -0.0800. The van der Waals surface area contributed by atoms with Crippen molar-refractivity contribution in [3.63, 3.8) is 0 Å². The van der Waals surface area contributed by atoms with Crippen molar-refractivity contribution in [1.82, 2.24) is 5.32 Å². The highest BCUT2D eigenvalue weighted by Crippen LogP contribution is 2.40. The van der Waals surface area contributed by atoms with E-state index in [0.717, 1.165) is 31.7 Å². The fourth-order valence-corrected chi connectivity index (χ4v) is 2.97. The highest BCUT2D eigenvalue weighted by atomic mass is 16.3. The van der Waals surface area contributed by atoms with Crippen LogP contribution in [-0.2, 0) is 0 Å². The molecule has 2 N–H and O–H groups in total. The van der Waals surface area contributed by atoms with E-state index in [9.17, 15) is 5.11 Å². The third-order valence-electron chi connectivity index (χ3n) is 3.77. The van der Waals surface area contributed by atoms with Crippen molar-refractivity contribution in [2.75, 3.05) is 0 Å². The lowest BCUT2D eigenvalue weighted by Crippen LogP contribution is -2.50. The molecule has 2 saturated carbocycles. The summed E-state index contributed by atoms with van der Waals surface area (Å²) in [7, 11) is 0. The van der Waals surface area contributed by atoms with Crippen LogP contribution in [-0.4, -0.2) is 23.3 Å². The molecule has 2 nitrogen and oxygen atoms in total. The van der Waals surface area contributed by atoms with Gasteiger partial charge in [0.1, 0.15) is 0 Å². The topological polar surface area (TPSA) is 32.3 Å². The van der Waals surface area contributed by atoms with Gasteiger partial charge in [0.05, 0.1) is 6.10 Å². The first-order chi connectivity index (χ1) is 6.55. The van der Waals surface area contributed by atoms with Gasteiger partial charge in [-0.05, 0) is 43.9 Å². The monoisotopic (exact) mass is 197 g/mol. The fraction of sp³-hybridized carbons (Fsp3) is 1.00. The van der Waals surface area contributed by atoms with Crippen molar-refractivity contribution < 1.29 is 5.11 Å². The summed E-state index contributed by atoms with van der Waals surface area (Å²) in [5, 5.41) is 13.1. The van der Waals surface area contributed by atoms with Gasteiger partial charge in [-0.2, -0.15) is 0 Å². The summed E-state index contributed by atoms with van der Waals surface area (Å²) in [4.78, 5) is 0. The van der Waals surface area contributed by atoms with Crippen molar-refractivity contribution in [2.45, 2.75) is 70.6 Å². The standard InChI is InChI=1S/C12H23NO/c1-12(2)7-10(8-12)13-9-3-5-11(14)6-4-9/h9-11,13-14H,3-8H2,1-2H3. The van der Waals surface area contributed by atoms with E-state index in [1.807, 2.05) is 0 Å². The lowest BCUT2D eigenvalue weighted by atomic mass is 9.68. The maximum absolute atomic E-state index is 9.39. The molecule has 82 valence electrons. The molecular weight excluding hydrogens is 174 g/mol. The Morgan fingerprint density at radius 1 is 1.00 bits per heavy atom. The van der Waals surface area contributed by atoms with Crippen molar-refractivity contribution in [3.8, 4) is 0 Å². The first-order valence-corrected chi connectivity index (χ1v) is 5.99. The Morgan fingerprint density at radius 2 is 1.57 bits per heavy atom. The molecule has 2 rings (SSSR count). The molecule has 0 bridgehead atoms. The molecule has 14 heavy (non-hydrogen) atoms. The van der Waals surface area contributed by atoms with Gasteiger partial charge in [-0.1, -0.05) is 13.8 Å². The second kappa shape index (κ2) is 3.82. The van der Waals surface area contributed by atoms with Gasteiger partial charge in [0.25, 0.3) is 0 Å². The Bertz CT molecular complexity index is 186. The van der Waals surface area contributed by atoms with Crippen LogP contribution in [0.4, 0.5) is 0 Å². The number of hydrogen-bond acceptors (Lipinski definition) is 2. The molecule has 0 amide bonds. The Kier molecular flexibility index (Phi) is 2.85. The van der Waals surface area contributed by atoms with E-state index >= 15 is 0 Å². The maximum atomic E-state index is 9.39. The third kappa shape index (κ3) is 2.48. The van der Waals surface area contributed by atoms with Crippen molar-refractivity contribution in [3.05, 3.63) is 0 Å². The molecule has 2 aliphatic rings. The van der Waals surface area contributed by atoms with Gasteiger partial charge in [-0.3, -0.25) is 0 Å². The second-order valence-corrected chi connectivity index (χ2v) is 5.94. The lowest BCUT2D eigenvalue weighted by molar-refractivity contribution is 0.0830. The van der Waals surface area contributed by atoms with Crippen LogP contribution in [0.1, 0.15) is 52.4 Å². The van der Waals surface area contributed by atoms with Crippen LogP contribution in [0, 0.1) is 5.41 Å². The number of rotatable bonds is 2. The summed E-state index contributed by atoms with van der Waals surface area (Å²) >= 11 is 0. The van der Waals surface area contributed by atoms with Gasteiger partial charge in [-0.25, -0.2) is 0 Å². The van der Waals surface area contributed by atoms with E-state index in [2.05, 4.69) is 19.2 Å². The summed E-state index contributed by atoms with van der Waals surface area (Å²) < 4.78 is 0. The van der Waals surface area contributed by atoms with Crippen molar-refractivity contribution in [2.24, 2.45) is 5.41 Å². The Labute approximate surface area is 87.1 Å². The molecular formula is C12H23NO. The fourth-order valence-electron chi connectivity index (χ4n) is 2.97. The predicted molar refractivity (Wildman–Crippen MR) is 58.2 cm³/mol. The minimum Gasteiger partial charge on any atom is -0.393 e. The molecule has 0 saturated heterocycles. The average molecular weight is 197 g/mol. The SMILES string of the molecule is CC1(C)CC(NC2CCC(O)CC2)C1. The van der Waals surface area contributed by atoms with E-state index in [1.165, 1.54) is 12.8 Å². The molecule has 2 aliphatic carbocycles. The smallest absolute Gasteiger partial charge is 0.0541 e. The van der Waals surface area contributed by atoms with Gasteiger partial charge >= 0.3 is 0 Å². The highest BCUT2D eigenvalue weighted by Gasteiger charge is 2.37. The van der Waals surface area contributed by atoms with Gasteiger partial charge in [0.2, 0.25) is 0 Å². The van der Waals surface area contributed by atoms with Crippen molar-refractivity contribution in [1.29, 1.82) is 0 Å². The van der Waals surface area contributed by atoms with Gasteiger partial charge in [0.15, 0.2) is 0 Å². The van der Waals surface area contributed by atoms with Crippen LogP contribution in [0.2, 0.25) is 0 Å². The zero-order chi connectivity index (χ0) is 10.2. The number of nitrogens with one attached hydrogen (secondary N) is 1. The summed E-state index contributed by atoms with van der Waals surface area (Å²) in [6.07, 6.45) is 6.95. The highest BCUT2D eigenvalue weighted by molar-refractivity contribution is 4.93. The van der Waals surface area contributed by atoms with E-state index < -0.39 is 0 Å². The minimum absolute atomic E-state index is 0.0223. The molecule has 0 atom stereocenters. The van der Waals surface area contributed by atoms with Crippen LogP contribution < -0.4 is 5.32 Å². The molecule has 0 aromatic heterocycles. The predicted octanol–water partition coefficient (Wildman–Crippen LogP) is 2.07. The second-order valence-electron chi connectivity index (χ2n) is 5.94. The molecule has 0 aromatic rings. The van der Waals surface area contributed by atoms with Crippen LogP contribution in [0.15, 0.2) is 0 Å². The molecule has 0 unspecified atom stereocenters. The van der Waals surface area contributed by atoms with Gasteiger partial charge < -0.3 is 10.4 Å². The Morgan fingerprint density at radius 3 is 2.07 bits per heavy atom. The molecule has 2 heteroatoms. The Balaban J connectivity index is 1.67. The minimum atomic E-state index is -0.0223. The van der Waals surface area contributed by atoms with Gasteiger partial charge in [0, 0.05) is 12.1 Å². The quantitative estimate of drug-likeness (QED) is 0.710. The molecule has 0 aromatic carbocycles. The summed E-state index contributed by atoms with van der Waals surface area (Å²) in [6.45, 7) is 4.69. The molecule has 0 heterocycles. The maximum Gasteiger partial charge on any atom is 0.0541 e. The van der Waals surface area contributed by atoms with Crippen LogP contribution >= 0.6 is 0 Å². The zero-order valence-corrected chi connectivity index (χ0v) is 9.42. The first-order valence-electron chi connectivity index (χ1n) is 5.99. The third-order valence-corrected chi connectivity index (χ3v) is 3.77. The molecule has 0 aliphatic heterocycles. The molecule has 0 spiro atoms. The van der Waals surface area contributed by atoms with Gasteiger partial charge in [-0.15, -0.1) is 0 Å². The van der Waals surface area contributed by atoms with Crippen molar-refractivity contribution >= 4 is 0 Å². The summed E-state index contributed by atoms with van der Waals surface area (Å²) in [5.41, 5.74) is 0.575. The van der Waals surface area contributed by atoms with Crippen LogP contribution in [0.3, 0.4) is 0 Å². The first kappa shape index (κ1) is 10.4. The molecule has 2 fully saturated rings. The van der Waals surface area contributed by atoms with E-state index in [-0.39, 0.29) is 6.10 Å². The largest absolute Gasteiger partial charge is 0.393 e. The lowest BCUT2D eigenvalue weighted by Gasteiger charge is -2.45. The van der Waals surface area contributed by atoms with E-state index in [0.29, 0.717) is 11.5 Å². The zero-order valence-electron chi connectivity index (χ0n) is 9.42. The number of hydrogen-bond donors (Lipinski definition) is 2. The normalized spacial score (nSPS) is 37.9. The number of aliphatic hydroxyl groups is 1. The summed E-state index contributed by atoms with van der Waals surface area (Å²) in [6, 6.07) is 1.43. The van der Waals surface area contributed by atoms with E-state index in [1.54, 1.807) is 0 Å². The number of aliphatic hydroxyl groups excluding tert-OH is 1. The molecule has 0 radical (unpaired) electrons. The van der Waals surface area contributed by atoms with E-state index in [4.69, 9.17) is 0 Å².